The highest BCUT2D eigenvalue weighted by atomic mass is 79.9. The Morgan fingerprint density at radius 2 is 1.95 bits per heavy atom. The Bertz CT molecular complexity index is 604. The van der Waals surface area contributed by atoms with Crippen LogP contribution < -0.4 is 10.1 Å². The Balaban J connectivity index is 1.71. The van der Waals surface area contributed by atoms with Gasteiger partial charge in [0.05, 0.1) is 17.4 Å². The minimum absolute atomic E-state index is 0.120. The van der Waals surface area contributed by atoms with Crippen LogP contribution in [0.3, 0.4) is 0 Å². The van der Waals surface area contributed by atoms with Gasteiger partial charge in [0.1, 0.15) is 18.2 Å². The molecule has 0 fully saturated rings. The number of ether oxygens (including phenoxy) is 1. The fourth-order valence-corrected chi connectivity index (χ4v) is 2.20. The van der Waals surface area contributed by atoms with E-state index in [1.54, 1.807) is 12.1 Å². The van der Waals surface area contributed by atoms with Crippen LogP contribution in [0, 0.1) is 5.82 Å². The molecule has 21 heavy (non-hydrogen) atoms. The SMILES string of the molecule is O=C(Cc1ccc(F)c(Br)c1)NCCOc1ccccc1. The molecule has 0 saturated carbocycles. The maximum absolute atomic E-state index is 13.1. The highest BCUT2D eigenvalue weighted by Crippen LogP contribution is 2.17. The summed E-state index contributed by atoms with van der Waals surface area (Å²) in [6.45, 7) is 0.832. The van der Waals surface area contributed by atoms with E-state index in [1.807, 2.05) is 30.3 Å². The largest absolute Gasteiger partial charge is 0.492 e. The van der Waals surface area contributed by atoms with Crippen LogP contribution >= 0.6 is 15.9 Å². The molecular formula is C16H15BrFNO2. The van der Waals surface area contributed by atoms with Crippen LogP contribution in [0.4, 0.5) is 4.39 Å². The number of halogens is 2. The summed E-state index contributed by atoms with van der Waals surface area (Å²) in [4.78, 5) is 11.7. The van der Waals surface area contributed by atoms with Crippen LogP contribution in [0.1, 0.15) is 5.56 Å². The Morgan fingerprint density at radius 1 is 1.19 bits per heavy atom. The molecule has 110 valence electrons. The van der Waals surface area contributed by atoms with E-state index < -0.39 is 0 Å². The molecule has 0 radical (unpaired) electrons. The molecule has 0 unspecified atom stereocenters. The lowest BCUT2D eigenvalue weighted by molar-refractivity contribution is -0.120. The Hall–Kier alpha value is -1.88. The Labute approximate surface area is 131 Å². The maximum atomic E-state index is 13.1. The first-order valence-electron chi connectivity index (χ1n) is 6.53. The summed E-state index contributed by atoms with van der Waals surface area (Å²) in [5.74, 6) is 0.315. The number of amides is 1. The van der Waals surface area contributed by atoms with Gasteiger partial charge in [-0.2, -0.15) is 0 Å². The third kappa shape index (κ3) is 5.19. The zero-order chi connectivity index (χ0) is 15.1. The van der Waals surface area contributed by atoms with Gasteiger partial charge in [0.15, 0.2) is 0 Å². The second kappa shape index (κ2) is 7.78. The van der Waals surface area contributed by atoms with Gasteiger partial charge >= 0.3 is 0 Å². The van der Waals surface area contributed by atoms with E-state index in [2.05, 4.69) is 21.2 Å². The fraction of sp³-hybridized carbons (Fsp3) is 0.188. The molecule has 0 aromatic heterocycles. The molecule has 0 aliphatic heterocycles. The summed E-state index contributed by atoms with van der Waals surface area (Å²) < 4.78 is 18.9. The number of benzene rings is 2. The van der Waals surface area contributed by atoms with Crippen molar-refractivity contribution in [3.05, 3.63) is 64.4 Å². The van der Waals surface area contributed by atoms with Gasteiger partial charge in [-0.3, -0.25) is 4.79 Å². The van der Waals surface area contributed by atoms with E-state index in [9.17, 15) is 9.18 Å². The number of carbonyl (C=O) groups is 1. The van der Waals surface area contributed by atoms with Crippen molar-refractivity contribution in [1.29, 1.82) is 0 Å². The van der Waals surface area contributed by atoms with Crippen molar-refractivity contribution in [3.8, 4) is 5.75 Å². The second-order valence-electron chi connectivity index (χ2n) is 4.44. The van der Waals surface area contributed by atoms with Crippen molar-refractivity contribution in [2.75, 3.05) is 13.2 Å². The molecule has 0 bridgehead atoms. The first kappa shape index (κ1) is 15.5. The van der Waals surface area contributed by atoms with Crippen molar-refractivity contribution < 1.29 is 13.9 Å². The van der Waals surface area contributed by atoms with Gasteiger partial charge in [0, 0.05) is 0 Å². The van der Waals surface area contributed by atoms with Crippen molar-refractivity contribution in [1.82, 2.24) is 5.32 Å². The number of hydrogen-bond acceptors (Lipinski definition) is 2. The predicted octanol–water partition coefficient (Wildman–Crippen LogP) is 3.33. The standard InChI is InChI=1S/C16H15BrFNO2/c17-14-10-12(6-7-15(14)18)11-16(20)19-8-9-21-13-4-2-1-3-5-13/h1-7,10H,8-9,11H2,(H,19,20). The normalized spacial score (nSPS) is 10.2. The van der Waals surface area contributed by atoms with Crippen LogP contribution in [0.5, 0.6) is 5.75 Å². The zero-order valence-corrected chi connectivity index (χ0v) is 12.9. The summed E-state index contributed by atoms with van der Waals surface area (Å²) >= 11 is 3.10. The number of nitrogens with one attached hydrogen (secondary N) is 1. The van der Waals surface area contributed by atoms with Crippen molar-refractivity contribution >= 4 is 21.8 Å². The van der Waals surface area contributed by atoms with E-state index in [-0.39, 0.29) is 18.1 Å². The third-order valence-corrected chi connectivity index (χ3v) is 3.39. The van der Waals surface area contributed by atoms with Crippen molar-refractivity contribution in [2.45, 2.75) is 6.42 Å². The first-order valence-corrected chi connectivity index (χ1v) is 7.33. The maximum Gasteiger partial charge on any atom is 0.224 e. The van der Waals surface area contributed by atoms with Crippen LogP contribution in [0.15, 0.2) is 53.0 Å². The van der Waals surface area contributed by atoms with E-state index in [0.29, 0.717) is 17.6 Å². The Kier molecular flexibility index (Phi) is 5.75. The van der Waals surface area contributed by atoms with E-state index in [0.717, 1.165) is 11.3 Å². The fourth-order valence-electron chi connectivity index (χ4n) is 1.77. The smallest absolute Gasteiger partial charge is 0.224 e. The second-order valence-corrected chi connectivity index (χ2v) is 5.29. The number of para-hydroxylation sites is 1. The van der Waals surface area contributed by atoms with Crippen molar-refractivity contribution in [2.24, 2.45) is 0 Å². The quantitative estimate of drug-likeness (QED) is 0.810. The van der Waals surface area contributed by atoms with Gasteiger partial charge in [0.25, 0.3) is 0 Å². The monoisotopic (exact) mass is 351 g/mol. The lowest BCUT2D eigenvalue weighted by Gasteiger charge is -2.08. The zero-order valence-electron chi connectivity index (χ0n) is 11.3. The van der Waals surface area contributed by atoms with Gasteiger partial charge in [0.2, 0.25) is 5.91 Å². The third-order valence-electron chi connectivity index (χ3n) is 2.78. The molecule has 0 aliphatic carbocycles. The Morgan fingerprint density at radius 3 is 2.67 bits per heavy atom. The van der Waals surface area contributed by atoms with Gasteiger partial charge < -0.3 is 10.1 Å². The molecular weight excluding hydrogens is 337 g/mol. The molecule has 3 nitrogen and oxygen atoms in total. The van der Waals surface area contributed by atoms with Gasteiger partial charge in [-0.25, -0.2) is 4.39 Å². The average Bonchev–Trinajstić information content (AvgIpc) is 2.49. The van der Waals surface area contributed by atoms with E-state index in [1.165, 1.54) is 6.07 Å². The molecule has 0 saturated heterocycles. The molecule has 2 rings (SSSR count). The summed E-state index contributed by atoms with van der Waals surface area (Å²) in [6, 6.07) is 14.0. The molecule has 0 spiro atoms. The summed E-state index contributed by atoms with van der Waals surface area (Å²) in [6.07, 6.45) is 0.213. The molecule has 2 aromatic rings. The minimum atomic E-state index is -0.338. The van der Waals surface area contributed by atoms with E-state index >= 15 is 0 Å². The number of carbonyl (C=O) groups excluding carboxylic acids is 1. The molecule has 0 heterocycles. The molecule has 2 aromatic carbocycles. The van der Waals surface area contributed by atoms with E-state index in [4.69, 9.17) is 4.74 Å². The molecule has 1 amide bonds. The molecule has 1 N–H and O–H groups in total. The van der Waals surface area contributed by atoms with Crippen LogP contribution in [-0.4, -0.2) is 19.1 Å². The average molecular weight is 352 g/mol. The van der Waals surface area contributed by atoms with Crippen molar-refractivity contribution in [3.63, 3.8) is 0 Å². The highest BCUT2D eigenvalue weighted by Gasteiger charge is 2.05. The topological polar surface area (TPSA) is 38.3 Å². The number of hydrogen-bond donors (Lipinski definition) is 1. The van der Waals surface area contributed by atoms with Gasteiger partial charge in [-0.15, -0.1) is 0 Å². The molecule has 5 heteroatoms. The van der Waals surface area contributed by atoms with Crippen LogP contribution in [0.25, 0.3) is 0 Å². The summed E-state index contributed by atoms with van der Waals surface area (Å²) in [7, 11) is 0. The minimum Gasteiger partial charge on any atom is -0.492 e. The van der Waals surface area contributed by atoms with Gasteiger partial charge in [-0.1, -0.05) is 24.3 Å². The summed E-state index contributed by atoms with van der Waals surface area (Å²) in [5.41, 5.74) is 0.754. The van der Waals surface area contributed by atoms with Crippen LogP contribution in [0.2, 0.25) is 0 Å². The van der Waals surface area contributed by atoms with Gasteiger partial charge in [-0.05, 0) is 45.8 Å². The first-order chi connectivity index (χ1) is 10.1. The predicted molar refractivity (Wildman–Crippen MR) is 82.8 cm³/mol. The highest BCUT2D eigenvalue weighted by molar-refractivity contribution is 9.10. The molecule has 0 atom stereocenters. The lowest BCUT2D eigenvalue weighted by Crippen LogP contribution is -2.29. The number of rotatable bonds is 6. The molecule has 0 aliphatic rings. The summed E-state index contributed by atoms with van der Waals surface area (Å²) in [5, 5.41) is 2.76. The van der Waals surface area contributed by atoms with Crippen LogP contribution in [-0.2, 0) is 11.2 Å². The lowest BCUT2D eigenvalue weighted by atomic mass is 10.1.